The number of nitrogens with zero attached hydrogens (tertiary/aromatic N) is 3. The number of aromatic nitrogens is 3. The highest BCUT2D eigenvalue weighted by molar-refractivity contribution is 5.46. The molecule has 0 bridgehead atoms. The predicted octanol–water partition coefficient (Wildman–Crippen LogP) is 0.897. The molecule has 2 heterocycles. The summed E-state index contributed by atoms with van der Waals surface area (Å²) in [4.78, 5) is 12.4. The van der Waals surface area contributed by atoms with E-state index in [0.717, 1.165) is 24.6 Å². The third-order valence-corrected chi connectivity index (χ3v) is 2.56. The molecule has 6 nitrogen and oxygen atoms in total. The van der Waals surface area contributed by atoms with E-state index in [9.17, 15) is 0 Å². The van der Waals surface area contributed by atoms with Gasteiger partial charge in [-0.2, -0.15) is 0 Å². The maximum Gasteiger partial charge on any atom is 0.131 e. The molecule has 0 aliphatic carbocycles. The Hall–Kier alpha value is -2.21. The van der Waals surface area contributed by atoms with Gasteiger partial charge in [0.15, 0.2) is 0 Å². The van der Waals surface area contributed by atoms with Gasteiger partial charge in [-0.05, 0) is 18.1 Å². The van der Waals surface area contributed by atoms with Crippen LogP contribution in [0.4, 0.5) is 11.6 Å². The highest BCUT2D eigenvalue weighted by Crippen LogP contribution is 2.08. The maximum atomic E-state index is 5.43. The zero-order valence-corrected chi connectivity index (χ0v) is 10.7. The second-order valence-electron chi connectivity index (χ2n) is 4.04. The molecule has 0 aromatic carbocycles. The number of anilines is 2. The number of nitrogens with one attached hydrogen (secondary N) is 2. The van der Waals surface area contributed by atoms with Crippen molar-refractivity contribution in [3.05, 3.63) is 42.5 Å². The molecule has 19 heavy (non-hydrogen) atoms. The fraction of sp³-hybridized carbons (Fsp3) is 0.308. The van der Waals surface area contributed by atoms with Crippen LogP contribution in [0.25, 0.3) is 0 Å². The van der Waals surface area contributed by atoms with Crippen molar-refractivity contribution in [1.82, 2.24) is 15.0 Å². The minimum absolute atomic E-state index is 0.577. The zero-order valence-electron chi connectivity index (χ0n) is 10.7. The van der Waals surface area contributed by atoms with Gasteiger partial charge in [0.1, 0.15) is 18.0 Å². The second kappa shape index (κ2) is 7.27. The quantitative estimate of drug-likeness (QED) is 0.683. The molecule has 100 valence electrons. The van der Waals surface area contributed by atoms with E-state index in [2.05, 4.69) is 31.7 Å². The summed E-state index contributed by atoms with van der Waals surface area (Å²) in [5, 5.41) is 6.38. The summed E-state index contributed by atoms with van der Waals surface area (Å²) in [7, 11) is 0. The Morgan fingerprint density at radius 3 is 2.58 bits per heavy atom. The van der Waals surface area contributed by atoms with Crippen molar-refractivity contribution in [2.45, 2.75) is 6.42 Å². The van der Waals surface area contributed by atoms with Gasteiger partial charge in [-0.25, -0.2) is 9.97 Å². The van der Waals surface area contributed by atoms with E-state index in [1.54, 1.807) is 6.20 Å². The van der Waals surface area contributed by atoms with Crippen molar-refractivity contribution in [1.29, 1.82) is 0 Å². The van der Waals surface area contributed by atoms with Gasteiger partial charge < -0.3 is 16.4 Å². The molecule has 0 fully saturated rings. The van der Waals surface area contributed by atoms with E-state index in [1.807, 2.05) is 18.3 Å². The van der Waals surface area contributed by atoms with E-state index in [-0.39, 0.29) is 0 Å². The van der Waals surface area contributed by atoms with Crippen molar-refractivity contribution < 1.29 is 0 Å². The lowest BCUT2D eigenvalue weighted by Crippen LogP contribution is -2.14. The third kappa shape index (κ3) is 4.51. The lowest BCUT2D eigenvalue weighted by atomic mass is 10.2. The Bertz CT molecular complexity index is 488. The average molecular weight is 258 g/mol. The number of nitrogens with two attached hydrogens (primary N) is 1. The summed E-state index contributed by atoms with van der Waals surface area (Å²) in [6.45, 7) is 2.08. The van der Waals surface area contributed by atoms with Crippen molar-refractivity contribution in [3.63, 3.8) is 0 Å². The van der Waals surface area contributed by atoms with E-state index < -0.39 is 0 Å². The summed E-state index contributed by atoms with van der Waals surface area (Å²) in [5.41, 5.74) is 6.63. The minimum Gasteiger partial charge on any atom is -0.370 e. The Labute approximate surface area is 112 Å². The molecular formula is C13H18N6. The van der Waals surface area contributed by atoms with Crippen LogP contribution in [0.1, 0.15) is 5.56 Å². The van der Waals surface area contributed by atoms with Crippen molar-refractivity contribution in [2.75, 3.05) is 30.3 Å². The molecule has 4 N–H and O–H groups in total. The monoisotopic (exact) mass is 258 g/mol. The molecule has 0 aliphatic heterocycles. The molecule has 0 saturated heterocycles. The Kier molecular flexibility index (Phi) is 5.06. The standard InChI is InChI=1S/C13H18N6/c14-4-7-17-13-8-12(18-10-19-13)16-6-3-11-2-1-5-15-9-11/h1-2,5,8-10H,3-4,6-7,14H2,(H2,16,17,18,19). The highest BCUT2D eigenvalue weighted by Gasteiger charge is 1.98. The molecule has 0 aliphatic rings. The predicted molar refractivity (Wildman–Crippen MR) is 76.0 cm³/mol. The van der Waals surface area contributed by atoms with E-state index in [0.29, 0.717) is 13.1 Å². The first-order valence-corrected chi connectivity index (χ1v) is 6.27. The van der Waals surface area contributed by atoms with Crippen LogP contribution in [0.2, 0.25) is 0 Å². The third-order valence-electron chi connectivity index (χ3n) is 2.56. The summed E-state index contributed by atoms with van der Waals surface area (Å²) >= 11 is 0. The molecular weight excluding hydrogens is 240 g/mol. The van der Waals surface area contributed by atoms with E-state index in [1.165, 1.54) is 11.9 Å². The van der Waals surface area contributed by atoms with E-state index >= 15 is 0 Å². The van der Waals surface area contributed by atoms with Gasteiger partial charge in [-0.15, -0.1) is 0 Å². The fourth-order valence-corrected chi connectivity index (χ4v) is 1.63. The summed E-state index contributed by atoms with van der Waals surface area (Å²) < 4.78 is 0. The molecule has 0 saturated carbocycles. The molecule has 0 amide bonds. The lowest BCUT2D eigenvalue weighted by Gasteiger charge is -2.07. The molecule has 0 atom stereocenters. The van der Waals surface area contributed by atoms with Crippen molar-refractivity contribution in [2.24, 2.45) is 5.73 Å². The second-order valence-corrected chi connectivity index (χ2v) is 4.04. The van der Waals surface area contributed by atoms with Crippen LogP contribution in [-0.2, 0) is 6.42 Å². The van der Waals surface area contributed by atoms with Crippen molar-refractivity contribution in [3.8, 4) is 0 Å². The number of pyridine rings is 1. The van der Waals surface area contributed by atoms with Crippen molar-refractivity contribution >= 4 is 11.6 Å². The first kappa shape index (κ1) is 13.2. The van der Waals surface area contributed by atoms with Gasteiger partial charge in [0.2, 0.25) is 0 Å². The number of hydrogen-bond donors (Lipinski definition) is 3. The summed E-state index contributed by atoms with van der Waals surface area (Å²) in [6.07, 6.45) is 6.08. The highest BCUT2D eigenvalue weighted by atomic mass is 15.1. The number of rotatable bonds is 7. The van der Waals surface area contributed by atoms with Crippen LogP contribution in [0, 0.1) is 0 Å². The van der Waals surface area contributed by atoms with Gasteiger partial charge in [0.25, 0.3) is 0 Å². The van der Waals surface area contributed by atoms with Crippen LogP contribution in [0.5, 0.6) is 0 Å². The smallest absolute Gasteiger partial charge is 0.131 e. The van der Waals surface area contributed by atoms with Gasteiger partial charge >= 0.3 is 0 Å². The molecule has 0 radical (unpaired) electrons. The summed E-state index contributed by atoms with van der Waals surface area (Å²) in [5.74, 6) is 1.59. The zero-order chi connectivity index (χ0) is 13.3. The van der Waals surface area contributed by atoms with Gasteiger partial charge in [-0.1, -0.05) is 6.07 Å². The molecule has 2 aromatic rings. The Balaban J connectivity index is 1.82. The molecule has 0 spiro atoms. The topological polar surface area (TPSA) is 88.8 Å². The van der Waals surface area contributed by atoms with Gasteiger partial charge in [0.05, 0.1) is 0 Å². The minimum atomic E-state index is 0.577. The van der Waals surface area contributed by atoms with Crippen LogP contribution in [-0.4, -0.2) is 34.6 Å². The van der Waals surface area contributed by atoms with E-state index in [4.69, 9.17) is 5.73 Å². The van der Waals surface area contributed by atoms with Crippen LogP contribution < -0.4 is 16.4 Å². The average Bonchev–Trinajstić information content (AvgIpc) is 2.47. The lowest BCUT2D eigenvalue weighted by molar-refractivity contribution is 0.979. The first-order chi connectivity index (χ1) is 9.38. The normalized spacial score (nSPS) is 10.2. The summed E-state index contributed by atoms with van der Waals surface area (Å²) in [6, 6.07) is 5.87. The molecule has 2 rings (SSSR count). The fourth-order valence-electron chi connectivity index (χ4n) is 1.63. The van der Waals surface area contributed by atoms with Crippen LogP contribution >= 0.6 is 0 Å². The Morgan fingerprint density at radius 1 is 1.11 bits per heavy atom. The first-order valence-electron chi connectivity index (χ1n) is 6.27. The SMILES string of the molecule is NCCNc1cc(NCCc2cccnc2)ncn1. The van der Waals surface area contributed by atoms with Crippen LogP contribution in [0.3, 0.4) is 0 Å². The van der Waals surface area contributed by atoms with Gasteiger partial charge in [-0.3, -0.25) is 4.98 Å². The van der Waals surface area contributed by atoms with Gasteiger partial charge in [0, 0.05) is 38.1 Å². The van der Waals surface area contributed by atoms with Crippen LogP contribution in [0.15, 0.2) is 36.9 Å². The Morgan fingerprint density at radius 2 is 1.89 bits per heavy atom. The molecule has 2 aromatic heterocycles. The molecule has 0 unspecified atom stereocenters. The number of hydrogen-bond acceptors (Lipinski definition) is 6. The molecule has 6 heteroatoms. The largest absolute Gasteiger partial charge is 0.370 e. The maximum absolute atomic E-state index is 5.43.